The van der Waals surface area contributed by atoms with E-state index in [0.717, 1.165) is 18.4 Å². The maximum absolute atomic E-state index is 12.5. The smallest absolute Gasteiger partial charge is 0.308 e. The van der Waals surface area contributed by atoms with E-state index in [1.54, 1.807) is 24.3 Å². The van der Waals surface area contributed by atoms with E-state index >= 15 is 0 Å². The third-order valence-corrected chi connectivity index (χ3v) is 4.63. The number of amides is 2. The summed E-state index contributed by atoms with van der Waals surface area (Å²) >= 11 is 0. The predicted molar refractivity (Wildman–Crippen MR) is 111 cm³/mol. The fourth-order valence-corrected chi connectivity index (χ4v) is 2.90. The first-order chi connectivity index (χ1) is 14.0. The number of hydrogen-bond acceptors (Lipinski definition) is 4. The van der Waals surface area contributed by atoms with E-state index in [2.05, 4.69) is 10.6 Å². The van der Waals surface area contributed by atoms with Gasteiger partial charge in [-0.2, -0.15) is 0 Å². The van der Waals surface area contributed by atoms with Crippen LogP contribution in [0.15, 0.2) is 60.7 Å². The maximum atomic E-state index is 12.5. The Labute approximate surface area is 171 Å². The maximum Gasteiger partial charge on any atom is 0.308 e. The minimum Gasteiger partial charge on any atom is -0.456 e. The van der Waals surface area contributed by atoms with Gasteiger partial charge in [0.15, 0.2) is 6.61 Å². The van der Waals surface area contributed by atoms with E-state index in [9.17, 15) is 14.4 Å². The molecule has 0 fully saturated rings. The van der Waals surface area contributed by atoms with Crippen LogP contribution in [0.5, 0.6) is 0 Å². The monoisotopic (exact) mass is 396 g/mol. The number of nitrogens with one attached hydrogen (secondary N) is 2. The Hall–Kier alpha value is -3.15. The van der Waals surface area contributed by atoms with Crippen molar-refractivity contribution < 1.29 is 19.1 Å². The molecule has 0 saturated carbocycles. The van der Waals surface area contributed by atoms with Gasteiger partial charge >= 0.3 is 5.97 Å². The summed E-state index contributed by atoms with van der Waals surface area (Å²) in [6.07, 6.45) is 1.57. The lowest BCUT2D eigenvalue weighted by molar-refractivity contribution is -0.149. The standard InChI is InChI=1S/C23H28N2O4/c1-3-19(4-2)24-21(26)16-29-22(27)15-20(17-11-7-5-8-12-17)25-23(28)18-13-9-6-10-14-18/h5-14,19-20H,3-4,15-16H2,1-2H3,(H,24,26)(H,25,28)/t20-/m0/s1. The summed E-state index contributed by atoms with van der Waals surface area (Å²) in [7, 11) is 0. The highest BCUT2D eigenvalue weighted by molar-refractivity contribution is 5.94. The summed E-state index contributed by atoms with van der Waals surface area (Å²) in [5.74, 6) is -1.15. The molecule has 0 aliphatic carbocycles. The van der Waals surface area contributed by atoms with E-state index < -0.39 is 12.0 Å². The zero-order valence-electron chi connectivity index (χ0n) is 16.9. The Bertz CT molecular complexity index is 789. The highest BCUT2D eigenvalue weighted by atomic mass is 16.5. The number of carbonyl (C=O) groups is 3. The van der Waals surface area contributed by atoms with Crippen LogP contribution in [0, 0.1) is 0 Å². The molecule has 1 atom stereocenters. The average molecular weight is 396 g/mol. The Balaban J connectivity index is 1.98. The molecule has 6 nitrogen and oxygen atoms in total. The molecule has 2 N–H and O–H groups in total. The Kier molecular flexibility index (Phi) is 8.89. The van der Waals surface area contributed by atoms with Crippen LogP contribution in [0.2, 0.25) is 0 Å². The average Bonchev–Trinajstić information content (AvgIpc) is 2.76. The molecule has 2 aromatic rings. The number of esters is 1. The molecule has 29 heavy (non-hydrogen) atoms. The summed E-state index contributed by atoms with van der Waals surface area (Å²) in [6.45, 7) is 3.64. The molecule has 6 heteroatoms. The highest BCUT2D eigenvalue weighted by Crippen LogP contribution is 2.18. The fourth-order valence-electron chi connectivity index (χ4n) is 2.90. The van der Waals surface area contributed by atoms with Gasteiger partial charge in [0.2, 0.25) is 0 Å². The molecule has 0 bridgehead atoms. The largest absolute Gasteiger partial charge is 0.456 e. The van der Waals surface area contributed by atoms with Crippen LogP contribution in [0.3, 0.4) is 0 Å². The van der Waals surface area contributed by atoms with Gasteiger partial charge in [-0.05, 0) is 30.5 Å². The summed E-state index contributed by atoms with van der Waals surface area (Å²) in [6, 6.07) is 17.5. The van der Waals surface area contributed by atoms with Gasteiger partial charge in [-0.1, -0.05) is 62.4 Å². The van der Waals surface area contributed by atoms with Gasteiger partial charge in [0.25, 0.3) is 11.8 Å². The van der Waals surface area contributed by atoms with Gasteiger partial charge in [-0.15, -0.1) is 0 Å². The van der Waals surface area contributed by atoms with Crippen LogP contribution in [-0.4, -0.2) is 30.4 Å². The molecule has 154 valence electrons. The summed E-state index contributed by atoms with van der Waals surface area (Å²) < 4.78 is 5.13. The van der Waals surface area contributed by atoms with Crippen molar-refractivity contribution >= 4 is 17.8 Å². The number of rotatable bonds is 10. The first-order valence-electron chi connectivity index (χ1n) is 9.89. The van der Waals surface area contributed by atoms with E-state index in [-0.39, 0.29) is 30.9 Å². The molecular formula is C23H28N2O4. The lowest BCUT2D eigenvalue weighted by Gasteiger charge is -2.19. The predicted octanol–water partition coefficient (Wildman–Crippen LogP) is 3.40. The van der Waals surface area contributed by atoms with E-state index in [0.29, 0.717) is 5.56 Å². The van der Waals surface area contributed by atoms with Gasteiger partial charge in [0.05, 0.1) is 12.5 Å². The molecule has 0 saturated heterocycles. The van der Waals surface area contributed by atoms with Crippen molar-refractivity contribution in [1.82, 2.24) is 10.6 Å². The molecular weight excluding hydrogens is 368 g/mol. The second kappa shape index (κ2) is 11.6. The Morgan fingerprint density at radius 2 is 1.45 bits per heavy atom. The molecule has 0 aliphatic rings. The van der Waals surface area contributed by atoms with Crippen LogP contribution >= 0.6 is 0 Å². The Morgan fingerprint density at radius 3 is 2.03 bits per heavy atom. The molecule has 0 radical (unpaired) electrons. The van der Waals surface area contributed by atoms with Crippen molar-refractivity contribution in [3.05, 3.63) is 71.8 Å². The number of hydrogen-bond donors (Lipinski definition) is 2. The van der Waals surface area contributed by atoms with Crippen molar-refractivity contribution in [3.8, 4) is 0 Å². The molecule has 0 heterocycles. The van der Waals surface area contributed by atoms with Gasteiger partial charge in [-0.25, -0.2) is 0 Å². The Morgan fingerprint density at radius 1 is 0.862 bits per heavy atom. The van der Waals surface area contributed by atoms with Crippen molar-refractivity contribution in [2.24, 2.45) is 0 Å². The second-order valence-electron chi connectivity index (χ2n) is 6.75. The van der Waals surface area contributed by atoms with Gasteiger partial charge in [0, 0.05) is 11.6 Å². The van der Waals surface area contributed by atoms with Gasteiger partial charge < -0.3 is 15.4 Å². The molecule has 2 aromatic carbocycles. The SMILES string of the molecule is CCC(CC)NC(=O)COC(=O)C[C@H](NC(=O)c1ccccc1)c1ccccc1. The zero-order chi connectivity index (χ0) is 21.1. The molecule has 0 spiro atoms. The van der Waals surface area contributed by atoms with E-state index in [4.69, 9.17) is 4.74 Å². The summed E-state index contributed by atoms with van der Waals surface area (Å²) in [4.78, 5) is 36.8. The van der Waals surface area contributed by atoms with Crippen molar-refractivity contribution in [3.63, 3.8) is 0 Å². The highest BCUT2D eigenvalue weighted by Gasteiger charge is 2.21. The van der Waals surface area contributed by atoms with E-state index in [1.807, 2.05) is 50.2 Å². The molecule has 2 amide bonds. The van der Waals surface area contributed by atoms with E-state index in [1.165, 1.54) is 0 Å². The minimum atomic E-state index is -0.557. The zero-order valence-corrected chi connectivity index (χ0v) is 16.9. The van der Waals surface area contributed by atoms with Gasteiger partial charge in [-0.3, -0.25) is 14.4 Å². The lowest BCUT2D eigenvalue weighted by Crippen LogP contribution is -2.37. The molecule has 0 aliphatic heterocycles. The first-order valence-corrected chi connectivity index (χ1v) is 9.89. The molecule has 0 unspecified atom stereocenters. The van der Waals surface area contributed by atoms with Crippen LogP contribution < -0.4 is 10.6 Å². The topological polar surface area (TPSA) is 84.5 Å². The number of carbonyl (C=O) groups excluding carboxylic acids is 3. The van der Waals surface area contributed by atoms with Crippen LogP contribution in [0.1, 0.15) is 55.1 Å². The fraction of sp³-hybridized carbons (Fsp3) is 0.348. The number of benzene rings is 2. The van der Waals surface area contributed by atoms with Crippen LogP contribution in [0.4, 0.5) is 0 Å². The summed E-state index contributed by atoms with van der Waals surface area (Å²) in [5, 5.41) is 5.70. The third kappa shape index (κ3) is 7.41. The van der Waals surface area contributed by atoms with Gasteiger partial charge in [0.1, 0.15) is 0 Å². The second-order valence-corrected chi connectivity index (χ2v) is 6.75. The van der Waals surface area contributed by atoms with Crippen LogP contribution in [-0.2, 0) is 14.3 Å². The minimum absolute atomic E-state index is 0.0686. The van der Waals surface area contributed by atoms with Crippen molar-refractivity contribution in [2.75, 3.05) is 6.61 Å². The van der Waals surface area contributed by atoms with Crippen molar-refractivity contribution in [2.45, 2.75) is 45.2 Å². The third-order valence-electron chi connectivity index (χ3n) is 4.63. The summed E-state index contributed by atoms with van der Waals surface area (Å²) in [5.41, 5.74) is 1.29. The van der Waals surface area contributed by atoms with Crippen LogP contribution in [0.25, 0.3) is 0 Å². The quantitative estimate of drug-likeness (QED) is 0.603. The number of ether oxygens (including phenoxy) is 1. The first kappa shape index (κ1) is 22.1. The molecule has 0 aromatic heterocycles. The molecule has 2 rings (SSSR count). The normalized spacial score (nSPS) is 11.6. The lowest BCUT2D eigenvalue weighted by atomic mass is 10.0. The van der Waals surface area contributed by atoms with Crippen molar-refractivity contribution in [1.29, 1.82) is 0 Å².